The van der Waals surface area contributed by atoms with Crippen LogP contribution in [0.25, 0.3) is 0 Å². The number of thiophene rings is 1. The van der Waals surface area contributed by atoms with Gasteiger partial charge in [0.25, 0.3) is 0 Å². The Hall–Kier alpha value is -1.15. The van der Waals surface area contributed by atoms with Crippen molar-refractivity contribution in [3.63, 3.8) is 0 Å². The Kier molecular flexibility index (Phi) is 4.10. The van der Waals surface area contributed by atoms with Gasteiger partial charge in [-0.3, -0.25) is 0 Å². The van der Waals surface area contributed by atoms with E-state index in [-0.39, 0.29) is 6.54 Å². The van der Waals surface area contributed by atoms with E-state index in [0.29, 0.717) is 17.2 Å². The van der Waals surface area contributed by atoms with Crippen LogP contribution in [-0.4, -0.2) is 19.8 Å². The molecule has 2 rings (SSSR count). The van der Waals surface area contributed by atoms with Crippen LogP contribution in [0.5, 0.6) is 0 Å². The molecule has 0 saturated carbocycles. The summed E-state index contributed by atoms with van der Waals surface area (Å²) < 4.78 is 31.4. The Morgan fingerprint density at radius 1 is 1.47 bits per heavy atom. The van der Waals surface area contributed by atoms with E-state index in [1.54, 1.807) is 25.1 Å². The van der Waals surface area contributed by atoms with E-state index in [2.05, 4.69) is 0 Å². The molecule has 0 spiro atoms. The summed E-state index contributed by atoms with van der Waals surface area (Å²) in [4.78, 5) is 1.95. The van der Waals surface area contributed by atoms with Crippen molar-refractivity contribution < 1.29 is 12.8 Å². The van der Waals surface area contributed by atoms with Gasteiger partial charge in [-0.1, -0.05) is 0 Å². The molecule has 104 valence electrons. The van der Waals surface area contributed by atoms with Crippen molar-refractivity contribution in [2.45, 2.75) is 24.9 Å². The second-order valence-corrected chi connectivity index (χ2v) is 7.53. The standard InChI is InChI=1S/C12H16N2O3S2/c1-9-12(6-11(7-13)18-9)19(15,16)14(2)8-10-4-3-5-17-10/h3-6H,7-8,13H2,1-2H3. The fourth-order valence-electron chi connectivity index (χ4n) is 1.76. The molecule has 0 atom stereocenters. The van der Waals surface area contributed by atoms with Gasteiger partial charge in [-0.2, -0.15) is 4.31 Å². The second kappa shape index (κ2) is 5.46. The fourth-order valence-corrected chi connectivity index (χ4v) is 4.37. The molecule has 2 aromatic rings. The van der Waals surface area contributed by atoms with Crippen molar-refractivity contribution >= 4 is 21.4 Å². The summed E-state index contributed by atoms with van der Waals surface area (Å²) in [6.45, 7) is 2.35. The zero-order chi connectivity index (χ0) is 14.0. The molecule has 0 aromatic carbocycles. The summed E-state index contributed by atoms with van der Waals surface area (Å²) in [6.07, 6.45) is 1.53. The van der Waals surface area contributed by atoms with Crippen LogP contribution in [0.15, 0.2) is 33.8 Å². The van der Waals surface area contributed by atoms with Gasteiger partial charge in [0, 0.05) is 23.3 Å². The number of rotatable bonds is 5. The molecule has 0 fully saturated rings. The molecule has 2 aromatic heterocycles. The maximum absolute atomic E-state index is 12.5. The molecule has 0 saturated heterocycles. The first-order chi connectivity index (χ1) is 8.95. The SMILES string of the molecule is Cc1sc(CN)cc1S(=O)(=O)N(C)Cc1ccco1. The van der Waals surface area contributed by atoms with Gasteiger partial charge in [0.2, 0.25) is 10.0 Å². The Labute approximate surface area is 116 Å². The van der Waals surface area contributed by atoms with Crippen LogP contribution >= 0.6 is 11.3 Å². The maximum atomic E-state index is 12.5. The molecular formula is C12H16N2O3S2. The highest BCUT2D eigenvalue weighted by Gasteiger charge is 2.25. The van der Waals surface area contributed by atoms with Crippen LogP contribution in [-0.2, 0) is 23.1 Å². The number of nitrogens with two attached hydrogens (primary N) is 1. The quantitative estimate of drug-likeness (QED) is 0.915. The van der Waals surface area contributed by atoms with Crippen molar-refractivity contribution in [2.24, 2.45) is 5.73 Å². The molecular weight excluding hydrogens is 284 g/mol. The normalized spacial score (nSPS) is 12.2. The van der Waals surface area contributed by atoms with Gasteiger partial charge in [0.15, 0.2) is 0 Å². The van der Waals surface area contributed by atoms with Crippen LogP contribution in [0.1, 0.15) is 15.5 Å². The molecule has 0 aliphatic rings. The second-order valence-electron chi connectivity index (χ2n) is 4.18. The first-order valence-corrected chi connectivity index (χ1v) is 7.99. The third kappa shape index (κ3) is 2.89. The van der Waals surface area contributed by atoms with Gasteiger partial charge in [-0.15, -0.1) is 11.3 Å². The average molecular weight is 300 g/mol. The number of aryl methyl sites for hydroxylation is 1. The summed E-state index contributed by atoms with van der Waals surface area (Å²) in [6, 6.07) is 5.13. The van der Waals surface area contributed by atoms with E-state index in [1.807, 2.05) is 0 Å². The van der Waals surface area contributed by atoms with E-state index in [4.69, 9.17) is 10.2 Å². The zero-order valence-corrected chi connectivity index (χ0v) is 12.4. The summed E-state index contributed by atoms with van der Waals surface area (Å²) in [5, 5.41) is 0. The summed E-state index contributed by atoms with van der Waals surface area (Å²) in [5.41, 5.74) is 5.55. The minimum Gasteiger partial charge on any atom is -0.468 e. The molecule has 2 N–H and O–H groups in total. The number of sulfonamides is 1. The van der Waals surface area contributed by atoms with Gasteiger partial charge in [0.05, 0.1) is 17.7 Å². The molecule has 19 heavy (non-hydrogen) atoms. The molecule has 0 bridgehead atoms. The van der Waals surface area contributed by atoms with Crippen LogP contribution in [0.3, 0.4) is 0 Å². The molecule has 0 amide bonds. The number of furan rings is 1. The van der Waals surface area contributed by atoms with Crippen molar-refractivity contribution in [3.05, 3.63) is 40.0 Å². The third-order valence-electron chi connectivity index (χ3n) is 2.77. The summed E-state index contributed by atoms with van der Waals surface area (Å²) >= 11 is 1.41. The highest BCUT2D eigenvalue weighted by Crippen LogP contribution is 2.28. The average Bonchev–Trinajstić information content (AvgIpc) is 2.98. The molecule has 2 heterocycles. The van der Waals surface area contributed by atoms with Crippen molar-refractivity contribution in [2.75, 3.05) is 7.05 Å². The third-order valence-corrected chi connectivity index (χ3v) is 5.90. The van der Waals surface area contributed by atoms with Gasteiger partial charge < -0.3 is 10.2 Å². The van der Waals surface area contributed by atoms with E-state index >= 15 is 0 Å². The van der Waals surface area contributed by atoms with E-state index in [1.165, 1.54) is 29.0 Å². The Morgan fingerprint density at radius 3 is 2.74 bits per heavy atom. The van der Waals surface area contributed by atoms with E-state index in [9.17, 15) is 8.42 Å². The number of nitrogens with zero attached hydrogens (tertiary/aromatic N) is 1. The monoisotopic (exact) mass is 300 g/mol. The van der Waals surface area contributed by atoms with Crippen molar-refractivity contribution in [1.29, 1.82) is 0 Å². The molecule has 0 radical (unpaired) electrons. The lowest BCUT2D eigenvalue weighted by Gasteiger charge is -2.15. The molecule has 7 heteroatoms. The number of hydrogen-bond acceptors (Lipinski definition) is 5. The van der Waals surface area contributed by atoms with Crippen molar-refractivity contribution in [1.82, 2.24) is 4.31 Å². The smallest absolute Gasteiger partial charge is 0.244 e. The van der Waals surface area contributed by atoms with Crippen LogP contribution in [0, 0.1) is 6.92 Å². The molecule has 0 aliphatic carbocycles. The molecule has 0 unspecified atom stereocenters. The van der Waals surface area contributed by atoms with Crippen molar-refractivity contribution in [3.8, 4) is 0 Å². The maximum Gasteiger partial charge on any atom is 0.244 e. The predicted octanol–water partition coefficient (Wildman–Crippen LogP) is 1.93. The fraction of sp³-hybridized carbons (Fsp3) is 0.333. The zero-order valence-electron chi connectivity index (χ0n) is 10.8. The van der Waals surface area contributed by atoms with Gasteiger partial charge in [0.1, 0.15) is 5.76 Å². The first-order valence-electron chi connectivity index (χ1n) is 5.73. The Bertz CT molecular complexity index is 645. The molecule has 0 aliphatic heterocycles. The summed E-state index contributed by atoms with van der Waals surface area (Å²) in [7, 11) is -1.97. The Morgan fingerprint density at radius 2 is 2.21 bits per heavy atom. The predicted molar refractivity (Wildman–Crippen MR) is 74.3 cm³/mol. The van der Waals surface area contributed by atoms with Gasteiger partial charge >= 0.3 is 0 Å². The largest absolute Gasteiger partial charge is 0.468 e. The minimum absolute atomic E-state index is 0.211. The van der Waals surface area contributed by atoms with E-state index in [0.717, 1.165) is 9.75 Å². The van der Waals surface area contributed by atoms with E-state index < -0.39 is 10.0 Å². The first kappa shape index (κ1) is 14.3. The lowest BCUT2D eigenvalue weighted by molar-refractivity contribution is 0.406. The highest BCUT2D eigenvalue weighted by molar-refractivity contribution is 7.89. The van der Waals surface area contributed by atoms with Crippen LogP contribution < -0.4 is 5.73 Å². The van der Waals surface area contributed by atoms with Crippen LogP contribution in [0.4, 0.5) is 0 Å². The summed E-state index contributed by atoms with van der Waals surface area (Å²) in [5.74, 6) is 0.609. The van der Waals surface area contributed by atoms with Gasteiger partial charge in [-0.25, -0.2) is 8.42 Å². The minimum atomic E-state index is -3.51. The number of hydrogen-bond donors (Lipinski definition) is 1. The van der Waals surface area contributed by atoms with Gasteiger partial charge in [-0.05, 0) is 25.1 Å². The Balaban J connectivity index is 2.28. The highest BCUT2D eigenvalue weighted by atomic mass is 32.2. The topological polar surface area (TPSA) is 76.5 Å². The molecule has 5 nitrogen and oxygen atoms in total. The lowest BCUT2D eigenvalue weighted by Crippen LogP contribution is -2.26. The van der Waals surface area contributed by atoms with Crippen LogP contribution in [0.2, 0.25) is 0 Å². The lowest BCUT2D eigenvalue weighted by atomic mass is 10.4.